The molecule has 0 amide bonds. The SMILES string of the molecule is CCNc1ncnc(NC(C)c2nccs2)c1Br. The molecule has 0 bridgehead atoms. The van der Waals surface area contributed by atoms with E-state index in [0.29, 0.717) is 0 Å². The monoisotopic (exact) mass is 327 g/mol. The maximum atomic E-state index is 4.28. The standard InChI is InChI=1S/C11H14BrN5S/c1-3-13-9-8(12)10(16-6-15-9)17-7(2)11-14-4-5-18-11/h4-7H,3H2,1-2H3,(H2,13,15,16,17). The Morgan fingerprint density at radius 2 is 2.11 bits per heavy atom. The zero-order valence-electron chi connectivity index (χ0n) is 10.1. The van der Waals surface area contributed by atoms with E-state index >= 15 is 0 Å². The van der Waals surface area contributed by atoms with Crippen LogP contribution in [0, 0.1) is 0 Å². The normalized spacial score (nSPS) is 12.2. The molecule has 0 aromatic carbocycles. The van der Waals surface area contributed by atoms with E-state index in [4.69, 9.17) is 0 Å². The molecule has 2 aromatic rings. The smallest absolute Gasteiger partial charge is 0.146 e. The summed E-state index contributed by atoms with van der Waals surface area (Å²) in [5.41, 5.74) is 0. The summed E-state index contributed by atoms with van der Waals surface area (Å²) in [6.07, 6.45) is 3.34. The summed E-state index contributed by atoms with van der Waals surface area (Å²) >= 11 is 5.13. The van der Waals surface area contributed by atoms with Gasteiger partial charge in [-0.1, -0.05) is 0 Å². The van der Waals surface area contributed by atoms with Crippen LogP contribution in [0.5, 0.6) is 0 Å². The van der Waals surface area contributed by atoms with E-state index in [1.807, 2.05) is 12.3 Å². The molecule has 96 valence electrons. The number of nitrogens with one attached hydrogen (secondary N) is 2. The number of halogens is 1. The summed E-state index contributed by atoms with van der Waals surface area (Å²) in [5, 5.41) is 9.49. The lowest BCUT2D eigenvalue weighted by atomic mass is 10.3. The fourth-order valence-electron chi connectivity index (χ4n) is 1.48. The van der Waals surface area contributed by atoms with E-state index < -0.39 is 0 Å². The molecule has 0 aliphatic heterocycles. The second-order valence-corrected chi connectivity index (χ2v) is 5.37. The van der Waals surface area contributed by atoms with Gasteiger partial charge in [-0.3, -0.25) is 0 Å². The molecule has 7 heteroatoms. The first-order valence-electron chi connectivity index (χ1n) is 5.62. The molecule has 0 radical (unpaired) electrons. The van der Waals surface area contributed by atoms with Crippen molar-refractivity contribution in [3.8, 4) is 0 Å². The van der Waals surface area contributed by atoms with Crippen LogP contribution in [0.1, 0.15) is 24.9 Å². The zero-order chi connectivity index (χ0) is 13.0. The Bertz CT molecular complexity index is 502. The van der Waals surface area contributed by atoms with Crippen LogP contribution < -0.4 is 10.6 Å². The quantitative estimate of drug-likeness (QED) is 0.882. The first kappa shape index (κ1) is 13.2. The molecule has 0 aliphatic carbocycles. The number of thiazole rings is 1. The Labute approximate surface area is 118 Å². The van der Waals surface area contributed by atoms with Crippen molar-refractivity contribution in [3.05, 3.63) is 27.4 Å². The number of hydrogen-bond acceptors (Lipinski definition) is 6. The molecule has 2 aromatic heterocycles. The molecule has 1 unspecified atom stereocenters. The largest absolute Gasteiger partial charge is 0.369 e. The Morgan fingerprint density at radius 3 is 2.78 bits per heavy atom. The Kier molecular flexibility index (Phi) is 4.48. The highest BCUT2D eigenvalue weighted by molar-refractivity contribution is 9.10. The average molecular weight is 328 g/mol. The van der Waals surface area contributed by atoms with Crippen molar-refractivity contribution >= 4 is 38.9 Å². The van der Waals surface area contributed by atoms with Crippen LogP contribution in [0.3, 0.4) is 0 Å². The highest BCUT2D eigenvalue weighted by atomic mass is 79.9. The van der Waals surface area contributed by atoms with Gasteiger partial charge >= 0.3 is 0 Å². The molecular weight excluding hydrogens is 314 g/mol. The third kappa shape index (κ3) is 2.97. The van der Waals surface area contributed by atoms with Crippen molar-refractivity contribution in [2.45, 2.75) is 19.9 Å². The van der Waals surface area contributed by atoms with Crippen LogP contribution in [0.15, 0.2) is 22.4 Å². The van der Waals surface area contributed by atoms with Crippen molar-refractivity contribution in [2.24, 2.45) is 0 Å². The highest BCUT2D eigenvalue weighted by Gasteiger charge is 2.13. The van der Waals surface area contributed by atoms with Crippen LogP contribution in [-0.4, -0.2) is 21.5 Å². The molecule has 2 rings (SSSR count). The van der Waals surface area contributed by atoms with Gasteiger partial charge in [-0.2, -0.15) is 0 Å². The summed E-state index contributed by atoms with van der Waals surface area (Å²) in [4.78, 5) is 12.7. The van der Waals surface area contributed by atoms with E-state index in [0.717, 1.165) is 27.7 Å². The number of anilines is 2. The second-order valence-electron chi connectivity index (χ2n) is 3.65. The van der Waals surface area contributed by atoms with E-state index in [1.54, 1.807) is 23.9 Å². The van der Waals surface area contributed by atoms with Crippen LogP contribution in [0.4, 0.5) is 11.6 Å². The summed E-state index contributed by atoms with van der Waals surface area (Å²) in [5.74, 6) is 1.56. The van der Waals surface area contributed by atoms with Gasteiger partial charge in [0.2, 0.25) is 0 Å². The first-order valence-corrected chi connectivity index (χ1v) is 7.30. The molecule has 0 saturated carbocycles. The minimum atomic E-state index is 0.116. The molecule has 0 aliphatic rings. The topological polar surface area (TPSA) is 62.7 Å². The minimum Gasteiger partial charge on any atom is -0.369 e. The van der Waals surface area contributed by atoms with E-state index in [-0.39, 0.29) is 6.04 Å². The van der Waals surface area contributed by atoms with Crippen LogP contribution in [0.25, 0.3) is 0 Å². The maximum Gasteiger partial charge on any atom is 0.146 e. The van der Waals surface area contributed by atoms with Gasteiger partial charge in [0.05, 0.1) is 6.04 Å². The summed E-state index contributed by atoms with van der Waals surface area (Å²) in [6, 6.07) is 0.116. The van der Waals surface area contributed by atoms with Gasteiger partial charge in [0, 0.05) is 18.1 Å². The molecule has 1 atom stereocenters. The van der Waals surface area contributed by atoms with E-state index in [2.05, 4.69) is 48.4 Å². The second kappa shape index (κ2) is 6.10. The Balaban J connectivity index is 2.16. The number of aromatic nitrogens is 3. The van der Waals surface area contributed by atoms with Crippen molar-refractivity contribution in [2.75, 3.05) is 17.2 Å². The molecule has 2 heterocycles. The number of hydrogen-bond donors (Lipinski definition) is 2. The zero-order valence-corrected chi connectivity index (χ0v) is 12.5. The van der Waals surface area contributed by atoms with Gasteiger partial charge in [-0.05, 0) is 29.8 Å². The Hall–Kier alpha value is -1.21. The lowest BCUT2D eigenvalue weighted by Crippen LogP contribution is -2.10. The van der Waals surface area contributed by atoms with E-state index in [9.17, 15) is 0 Å². The van der Waals surface area contributed by atoms with Crippen LogP contribution in [-0.2, 0) is 0 Å². The molecule has 0 spiro atoms. The minimum absolute atomic E-state index is 0.116. The first-order chi connectivity index (χ1) is 8.72. The fraction of sp³-hybridized carbons (Fsp3) is 0.364. The predicted octanol–water partition coefficient (Wildman–Crippen LogP) is 3.30. The molecule has 2 N–H and O–H groups in total. The number of nitrogens with zero attached hydrogens (tertiary/aromatic N) is 3. The molecule has 0 fully saturated rings. The third-order valence-electron chi connectivity index (χ3n) is 2.31. The van der Waals surface area contributed by atoms with Gasteiger partial charge in [-0.15, -0.1) is 11.3 Å². The Morgan fingerprint density at radius 1 is 1.33 bits per heavy atom. The van der Waals surface area contributed by atoms with Crippen molar-refractivity contribution in [3.63, 3.8) is 0 Å². The molecule has 18 heavy (non-hydrogen) atoms. The van der Waals surface area contributed by atoms with E-state index in [1.165, 1.54) is 0 Å². The van der Waals surface area contributed by atoms with Crippen LogP contribution in [0.2, 0.25) is 0 Å². The van der Waals surface area contributed by atoms with Gasteiger partial charge in [0.25, 0.3) is 0 Å². The fourth-order valence-corrected chi connectivity index (χ4v) is 2.58. The van der Waals surface area contributed by atoms with Gasteiger partial charge < -0.3 is 10.6 Å². The van der Waals surface area contributed by atoms with Crippen molar-refractivity contribution in [1.29, 1.82) is 0 Å². The van der Waals surface area contributed by atoms with Gasteiger partial charge in [0.15, 0.2) is 0 Å². The predicted molar refractivity (Wildman–Crippen MR) is 78.0 cm³/mol. The average Bonchev–Trinajstić information content (AvgIpc) is 2.88. The number of rotatable bonds is 5. The molecule has 0 saturated heterocycles. The molecular formula is C11H14BrN5S. The van der Waals surface area contributed by atoms with Crippen molar-refractivity contribution < 1.29 is 0 Å². The summed E-state index contributed by atoms with van der Waals surface area (Å²) in [6.45, 7) is 4.90. The lowest BCUT2D eigenvalue weighted by Gasteiger charge is -2.14. The summed E-state index contributed by atoms with van der Waals surface area (Å²) < 4.78 is 0.843. The van der Waals surface area contributed by atoms with Gasteiger partial charge in [0.1, 0.15) is 27.4 Å². The maximum absolute atomic E-state index is 4.28. The molecule has 5 nitrogen and oxygen atoms in total. The third-order valence-corrected chi connectivity index (χ3v) is 4.02. The van der Waals surface area contributed by atoms with Crippen LogP contribution >= 0.6 is 27.3 Å². The van der Waals surface area contributed by atoms with Crippen molar-refractivity contribution in [1.82, 2.24) is 15.0 Å². The summed E-state index contributed by atoms with van der Waals surface area (Å²) in [7, 11) is 0. The lowest BCUT2D eigenvalue weighted by molar-refractivity contribution is 0.856. The highest BCUT2D eigenvalue weighted by Crippen LogP contribution is 2.29. The van der Waals surface area contributed by atoms with Gasteiger partial charge in [-0.25, -0.2) is 15.0 Å².